The van der Waals surface area contributed by atoms with Gasteiger partial charge in [-0.2, -0.15) is 0 Å². The fourth-order valence-electron chi connectivity index (χ4n) is 3.20. The van der Waals surface area contributed by atoms with Gasteiger partial charge in [-0.1, -0.05) is 26.0 Å². The summed E-state index contributed by atoms with van der Waals surface area (Å²) in [5.41, 5.74) is 7.16. The van der Waals surface area contributed by atoms with Crippen LogP contribution in [0.15, 0.2) is 24.3 Å². The Morgan fingerprint density at radius 2 is 2.05 bits per heavy atom. The summed E-state index contributed by atoms with van der Waals surface area (Å²) >= 11 is 0. The molecule has 0 saturated carbocycles. The normalized spacial score (nSPS) is 26.5. The fraction of sp³-hybridized carbons (Fsp3) is 0.588. The molecule has 1 aliphatic heterocycles. The zero-order valence-corrected chi connectivity index (χ0v) is 13.3. The summed E-state index contributed by atoms with van der Waals surface area (Å²) in [4.78, 5) is 14.5. The highest BCUT2D eigenvalue weighted by atomic mass is 16.1. The third kappa shape index (κ3) is 4.21. The molecule has 4 nitrogen and oxygen atoms in total. The van der Waals surface area contributed by atoms with Gasteiger partial charge >= 0.3 is 0 Å². The summed E-state index contributed by atoms with van der Waals surface area (Å²) in [5, 5.41) is 2.90. The van der Waals surface area contributed by atoms with Crippen LogP contribution in [0.4, 0.5) is 11.4 Å². The summed E-state index contributed by atoms with van der Waals surface area (Å²) in [7, 11) is 0. The van der Waals surface area contributed by atoms with Crippen LogP contribution in [0.1, 0.15) is 33.6 Å². The monoisotopic (exact) mass is 289 g/mol. The summed E-state index contributed by atoms with van der Waals surface area (Å²) in [6.07, 6.45) is 1.79. The SMILES string of the molecule is CC1CC(C)C(C)N(CCC(=O)Nc2ccccc2N)C1. The first-order valence-corrected chi connectivity index (χ1v) is 7.85. The van der Waals surface area contributed by atoms with E-state index in [-0.39, 0.29) is 5.91 Å². The first-order valence-electron chi connectivity index (χ1n) is 7.85. The Morgan fingerprint density at radius 1 is 1.33 bits per heavy atom. The molecule has 1 saturated heterocycles. The van der Waals surface area contributed by atoms with Crippen LogP contribution in [0.2, 0.25) is 0 Å². The molecule has 3 unspecified atom stereocenters. The van der Waals surface area contributed by atoms with Crippen molar-refractivity contribution >= 4 is 17.3 Å². The van der Waals surface area contributed by atoms with Gasteiger partial charge in [-0.25, -0.2) is 0 Å². The smallest absolute Gasteiger partial charge is 0.225 e. The molecule has 1 aromatic carbocycles. The van der Waals surface area contributed by atoms with E-state index in [1.807, 2.05) is 18.2 Å². The molecule has 1 aliphatic rings. The highest BCUT2D eigenvalue weighted by molar-refractivity contribution is 5.93. The Bertz CT molecular complexity index is 489. The Kier molecular flexibility index (Phi) is 5.23. The van der Waals surface area contributed by atoms with Crippen molar-refractivity contribution in [1.29, 1.82) is 0 Å². The number of rotatable bonds is 4. The molecule has 2 rings (SSSR count). The maximum atomic E-state index is 12.1. The number of benzene rings is 1. The predicted molar refractivity (Wildman–Crippen MR) is 88.1 cm³/mol. The molecular weight excluding hydrogens is 262 g/mol. The molecule has 4 heteroatoms. The molecule has 3 N–H and O–H groups in total. The number of nitrogen functional groups attached to an aromatic ring is 1. The molecule has 0 aromatic heterocycles. The number of nitrogens with one attached hydrogen (secondary N) is 1. The van der Waals surface area contributed by atoms with E-state index in [4.69, 9.17) is 5.73 Å². The average Bonchev–Trinajstić information content (AvgIpc) is 2.44. The zero-order valence-electron chi connectivity index (χ0n) is 13.3. The van der Waals surface area contributed by atoms with Crippen molar-refractivity contribution in [3.8, 4) is 0 Å². The molecule has 0 bridgehead atoms. The summed E-state index contributed by atoms with van der Waals surface area (Å²) < 4.78 is 0. The van der Waals surface area contributed by atoms with Crippen LogP contribution < -0.4 is 11.1 Å². The van der Waals surface area contributed by atoms with Crippen LogP contribution >= 0.6 is 0 Å². The third-order valence-corrected chi connectivity index (χ3v) is 4.58. The van der Waals surface area contributed by atoms with Crippen LogP contribution in [-0.2, 0) is 4.79 Å². The van der Waals surface area contributed by atoms with Gasteiger partial charge in [0.05, 0.1) is 11.4 Å². The molecule has 3 atom stereocenters. The minimum atomic E-state index is 0.0333. The number of carbonyl (C=O) groups is 1. The first kappa shape index (κ1) is 15.8. The van der Waals surface area contributed by atoms with Crippen molar-refractivity contribution in [1.82, 2.24) is 4.90 Å². The van der Waals surface area contributed by atoms with E-state index >= 15 is 0 Å². The van der Waals surface area contributed by atoms with Crippen molar-refractivity contribution in [2.75, 3.05) is 24.1 Å². The Balaban J connectivity index is 1.85. The zero-order chi connectivity index (χ0) is 15.4. The molecule has 1 aromatic rings. The van der Waals surface area contributed by atoms with E-state index in [1.165, 1.54) is 6.42 Å². The molecule has 116 valence electrons. The lowest BCUT2D eigenvalue weighted by Crippen LogP contribution is -2.46. The van der Waals surface area contributed by atoms with Crippen molar-refractivity contribution < 1.29 is 4.79 Å². The van der Waals surface area contributed by atoms with Crippen molar-refractivity contribution in [3.63, 3.8) is 0 Å². The number of para-hydroxylation sites is 2. The van der Waals surface area contributed by atoms with Crippen LogP contribution in [0.5, 0.6) is 0 Å². The standard InChI is InChI=1S/C17H27N3O/c1-12-10-13(2)14(3)20(11-12)9-8-17(21)19-16-7-5-4-6-15(16)18/h4-7,12-14H,8-11,18H2,1-3H3,(H,19,21). The van der Waals surface area contributed by atoms with E-state index < -0.39 is 0 Å². The molecular formula is C17H27N3O. The Labute approximate surface area is 127 Å². The molecule has 21 heavy (non-hydrogen) atoms. The van der Waals surface area contributed by atoms with E-state index in [0.29, 0.717) is 35.7 Å². The molecule has 1 heterocycles. The number of likely N-dealkylation sites (tertiary alicyclic amines) is 1. The van der Waals surface area contributed by atoms with E-state index in [0.717, 1.165) is 13.1 Å². The van der Waals surface area contributed by atoms with Crippen LogP contribution in [0.25, 0.3) is 0 Å². The molecule has 1 amide bonds. The highest BCUT2D eigenvalue weighted by Crippen LogP contribution is 2.27. The first-order chi connectivity index (χ1) is 9.97. The minimum absolute atomic E-state index is 0.0333. The van der Waals surface area contributed by atoms with Gasteiger partial charge in [0, 0.05) is 25.6 Å². The van der Waals surface area contributed by atoms with Gasteiger partial charge in [-0.3, -0.25) is 9.69 Å². The van der Waals surface area contributed by atoms with E-state index in [2.05, 4.69) is 31.0 Å². The number of nitrogens with two attached hydrogens (primary N) is 1. The van der Waals surface area contributed by atoms with Gasteiger partial charge in [-0.05, 0) is 37.3 Å². The quantitative estimate of drug-likeness (QED) is 0.838. The Morgan fingerprint density at radius 3 is 2.76 bits per heavy atom. The van der Waals surface area contributed by atoms with Crippen molar-refractivity contribution in [2.24, 2.45) is 11.8 Å². The average molecular weight is 289 g/mol. The van der Waals surface area contributed by atoms with E-state index in [1.54, 1.807) is 6.07 Å². The lowest BCUT2D eigenvalue weighted by molar-refractivity contribution is -0.116. The van der Waals surface area contributed by atoms with Gasteiger partial charge in [-0.15, -0.1) is 0 Å². The topological polar surface area (TPSA) is 58.4 Å². The number of piperidine rings is 1. The lowest BCUT2D eigenvalue weighted by Gasteiger charge is -2.41. The number of anilines is 2. The van der Waals surface area contributed by atoms with Gasteiger partial charge in [0.2, 0.25) is 5.91 Å². The molecule has 0 radical (unpaired) electrons. The number of hydrogen-bond acceptors (Lipinski definition) is 3. The second-order valence-electron chi connectivity index (χ2n) is 6.44. The fourth-order valence-corrected chi connectivity index (χ4v) is 3.20. The third-order valence-electron chi connectivity index (χ3n) is 4.58. The van der Waals surface area contributed by atoms with Gasteiger partial charge in [0.1, 0.15) is 0 Å². The second-order valence-corrected chi connectivity index (χ2v) is 6.44. The number of hydrogen-bond donors (Lipinski definition) is 2. The van der Waals surface area contributed by atoms with Crippen molar-refractivity contribution in [2.45, 2.75) is 39.7 Å². The van der Waals surface area contributed by atoms with Crippen LogP contribution in [0.3, 0.4) is 0 Å². The highest BCUT2D eigenvalue weighted by Gasteiger charge is 2.28. The predicted octanol–water partition coefficient (Wildman–Crippen LogP) is 2.96. The van der Waals surface area contributed by atoms with Gasteiger partial charge in [0.25, 0.3) is 0 Å². The van der Waals surface area contributed by atoms with Crippen LogP contribution in [0, 0.1) is 11.8 Å². The minimum Gasteiger partial charge on any atom is -0.397 e. The second kappa shape index (κ2) is 6.94. The van der Waals surface area contributed by atoms with Crippen LogP contribution in [-0.4, -0.2) is 29.9 Å². The van der Waals surface area contributed by atoms with Gasteiger partial charge in [0.15, 0.2) is 0 Å². The summed E-state index contributed by atoms with van der Waals surface area (Å²) in [6, 6.07) is 7.92. The summed E-state index contributed by atoms with van der Waals surface area (Å²) in [5.74, 6) is 1.44. The van der Waals surface area contributed by atoms with Gasteiger partial charge < -0.3 is 11.1 Å². The molecule has 0 aliphatic carbocycles. The number of amides is 1. The van der Waals surface area contributed by atoms with Crippen molar-refractivity contribution in [3.05, 3.63) is 24.3 Å². The summed E-state index contributed by atoms with van der Waals surface area (Å²) in [6.45, 7) is 8.77. The largest absolute Gasteiger partial charge is 0.397 e. The lowest BCUT2D eigenvalue weighted by atomic mass is 9.86. The maximum absolute atomic E-state index is 12.1. The maximum Gasteiger partial charge on any atom is 0.225 e. The number of nitrogens with zero attached hydrogens (tertiary/aromatic N) is 1. The molecule has 1 fully saturated rings. The molecule has 0 spiro atoms. The van der Waals surface area contributed by atoms with E-state index in [9.17, 15) is 4.79 Å². The number of carbonyl (C=O) groups excluding carboxylic acids is 1. The Hall–Kier alpha value is -1.55.